The van der Waals surface area contributed by atoms with Crippen LogP contribution in [0.1, 0.15) is 20.8 Å². The summed E-state index contributed by atoms with van der Waals surface area (Å²) in [7, 11) is 1.55. The first kappa shape index (κ1) is 16.4. The van der Waals surface area contributed by atoms with E-state index in [2.05, 4.69) is 12.2 Å². The van der Waals surface area contributed by atoms with Gasteiger partial charge in [0.15, 0.2) is 0 Å². The third kappa shape index (κ3) is 4.42. The van der Waals surface area contributed by atoms with E-state index in [-0.39, 0.29) is 49.4 Å². The fourth-order valence-corrected chi connectivity index (χ4v) is 2.50. The number of ether oxygens (including phenoxy) is 3. The SMILES string of the molecule is COCOC[C@@H]1OC(CO)[C@@H](C)[C@H](C)[C@H]1NC(C)=O. The Hall–Kier alpha value is -0.690. The van der Waals surface area contributed by atoms with Crippen LogP contribution in [0, 0.1) is 11.8 Å². The van der Waals surface area contributed by atoms with Gasteiger partial charge in [0, 0.05) is 14.0 Å². The zero-order valence-corrected chi connectivity index (χ0v) is 12.1. The molecule has 1 unspecified atom stereocenters. The summed E-state index contributed by atoms with van der Waals surface area (Å²) in [5.74, 6) is 0.276. The van der Waals surface area contributed by atoms with Crippen LogP contribution in [-0.4, -0.2) is 56.4 Å². The molecule has 1 aliphatic rings. The maximum atomic E-state index is 11.3. The quantitative estimate of drug-likeness (QED) is 0.533. The molecule has 0 spiro atoms. The van der Waals surface area contributed by atoms with Crippen molar-refractivity contribution in [3.8, 4) is 0 Å². The summed E-state index contributed by atoms with van der Waals surface area (Å²) in [5, 5.41) is 12.3. The standard InChI is InChI=1S/C13H25NO5/c1-8-9(2)13(14-10(3)16)12(6-18-7-17-4)19-11(8)5-15/h8-9,11-13,15H,5-7H2,1-4H3,(H,14,16)/t8-,9-,11?,12-,13+/m0/s1. The van der Waals surface area contributed by atoms with E-state index >= 15 is 0 Å². The topological polar surface area (TPSA) is 77.0 Å². The van der Waals surface area contributed by atoms with Crippen LogP contribution in [0.4, 0.5) is 0 Å². The van der Waals surface area contributed by atoms with Gasteiger partial charge in [0.05, 0.1) is 25.4 Å². The van der Waals surface area contributed by atoms with Crippen LogP contribution in [0.25, 0.3) is 0 Å². The molecular weight excluding hydrogens is 250 g/mol. The minimum absolute atomic E-state index is 0.0287. The van der Waals surface area contributed by atoms with E-state index in [4.69, 9.17) is 14.2 Å². The number of rotatable bonds is 6. The third-order valence-corrected chi connectivity index (χ3v) is 3.77. The summed E-state index contributed by atoms with van der Waals surface area (Å²) in [5.41, 5.74) is 0. The second kappa shape index (κ2) is 7.79. The van der Waals surface area contributed by atoms with Crippen LogP contribution in [0.15, 0.2) is 0 Å². The van der Waals surface area contributed by atoms with E-state index in [0.717, 1.165) is 0 Å². The monoisotopic (exact) mass is 275 g/mol. The highest BCUT2D eigenvalue weighted by Gasteiger charge is 2.41. The van der Waals surface area contributed by atoms with Crippen LogP contribution in [-0.2, 0) is 19.0 Å². The molecule has 1 amide bonds. The van der Waals surface area contributed by atoms with Crippen molar-refractivity contribution in [1.29, 1.82) is 0 Å². The lowest BCUT2D eigenvalue weighted by atomic mass is 9.80. The number of aliphatic hydroxyl groups excluding tert-OH is 1. The Balaban J connectivity index is 2.71. The Morgan fingerprint density at radius 1 is 1.32 bits per heavy atom. The summed E-state index contributed by atoms with van der Waals surface area (Å²) in [6, 6.07) is -0.118. The molecule has 0 bridgehead atoms. The predicted octanol–water partition coefficient (Wildman–Crippen LogP) is 0.144. The van der Waals surface area contributed by atoms with Gasteiger partial charge in [-0.1, -0.05) is 13.8 Å². The van der Waals surface area contributed by atoms with Gasteiger partial charge in [0.25, 0.3) is 0 Å². The Labute approximate surface area is 114 Å². The molecule has 112 valence electrons. The van der Waals surface area contributed by atoms with E-state index in [9.17, 15) is 9.90 Å². The van der Waals surface area contributed by atoms with Gasteiger partial charge < -0.3 is 24.6 Å². The van der Waals surface area contributed by atoms with Gasteiger partial charge in [-0.3, -0.25) is 4.79 Å². The number of methoxy groups -OCH3 is 1. The van der Waals surface area contributed by atoms with Gasteiger partial charge in [-0.2, -0.15) is 0 Å². The number of amides is 1. The van der Waals surface area contributed by atoms with Gasteiger partial charge in [0.1, 0.15) is 12.9 Å². The molecule has 1 fully saturated rings. The first-order chi connectivity index (χ1) is 9.01. The lowest BCUT2D eigenvalue weighted by Crippen LogP contribution is -2.58. The van der Waals surface area contributed by atoms with Gasteiger partial charge >= 0.3 is 0 Å². The maximum absolute atomic E-state index is 11.3. The maximum Gasteiger partial charge on any atom is 0.217 e. The number of carbonyl (C=O) groups excluding carboxylic acids is 1. The smallest absolute Gasteiger partial charge is 0.217 e. The lowest BCUT2D eigenvalue weighted by Gasteiger charge is -2.44. The van der Waals surface area contributed by atoms with Gasteiger partial charge in [-0.25, -0.2) is 0 Å². The summed E-state index contributed by atoms with van der Waals surface area (Å²) >= 11 is 0. The van der Waals surface area contributed by atoms with Crippen LogP contribution in [0.5, 0.6) is 0 Å². The van der Waals surface area contributed by atoms with E-state index < -0.39 is 0 Å². The zero-order valence-electron chi connectivity index (χ0n) is 12.1. The Morgan fingerprint density at radius 2 is 2.00 bits per heavy atom. The molecular formula is C13H25NO5. The van der Waals surface area contributed by atoms with Crippen molar-refractivity contribution in [2.75, 3.05) is 27.1 Å². The lowest BCUT2D eigenvalue weighted by molar-refractivity contribution is -0.170. The highest BCUT2D eigenvalue weighted by atomic mass is 16.7. The summed E-state index contributed by atoms with van der Waals surface area (Å²) < 4.78 is 16.0. The second-order valence-electron chi connectivity index (χ2n) is 5.12. The second-order valence-corrected chi connectivity index (χ2v) is 5.12. The molecule has 0 aromatic rings. The van der Waals surface area contributed by atoms with Crippen molar-refractivity contribution < 1.29 is 24.1 Å². The highest BCUT2D eigenvalue weighted by Crippen LogP contribution is 2.30. The van der Waals surface area contributed by atoms with Crippen molar-refractivity contribution in [3.63, 3.8) is 0 Å². The first-order valence-electron chi connectivity index (χ1n) is 6.61. The summed E-state index contributed by atoms with van der Waals surface area (Å²) in [4.78, 5) is 11.3. The van der Waals surface area contributed by atoms with E-state index in [1.165, 1.54) is 6.92 Å². The Kier molecular flexibility index (Phi) is 6.71. The molecule has 1 rings (SSSR count). The molecule has 0 aromatic heterocycles. The third-order valence-electron chi connectivity index (χ3n) is 3.77. The molecule has 1 aliphatic heterocycles. The summed E-state index contributed by atoms with van der Waals surface area (Å²) in [6.45, 7) is 6.04. The van der Waals surface area contributed by atoms with E-state index in [1.54, 1.807) is 7.11 Å². The molecule has 1 saturated heterocycles. The predicted molar refractivity (Wildman–Crippen MR) is 69.5 cm³/mol. The molecule has 0 aromatic carbocycles. The van der Waals surface area contributed by atoms with Crippen molar-refractivity contribution in [2.45, 2.75) is 39.0 Å². The fourth-order valence-electron chi connectivity index (χ4n) is 2.50. The molecule has 0 aliphatic carbocycles. The average Bonchev–Trinajstić information content (AvgIpc) is 2.37. The number of nitrogens with one attached hydrogen (secondary N) is 1. The number of aliphatic hydroxyl groups is 1. The minimum Gasteiger partial charge on any atom is -0.394 e. The van der Waals surface area contributed by atoms with Crippen LogP contribution in [0.2, 0.25) is 0 Å². The Bertz CT molecular complexity index is 286. The van der Waals surface area contributed by atoms with Crippen molar-refractivity contribution in [2.24, 2.45) is 11.8 Å². The van der Waals surface area contributed by atoms with Crippen molar-refractivity contribution >= 4 is 5.91 Å². The van der Waals surface area contributed by atoms with Gasteiger partial charge in [0.2, 0.25) is 5.91 Å². The van der Waals surface area contributed by atoms with Gasteiger partial charge in [-0.15, -0.1) is 0 Å². The number of carbonyl (C=O) groups is 1. The molecule has 6 heteroatoms. The number of hydrogen-bond donors (Lipinski definition) is 2. The Morgan fingerprint density at radius 3 is 2.53 bits per heavy atom. The normalized spacial score (nSPS) is 35.1. The van der Waals surface area contributed by atoms with Gasteiger partial charge in [-0.05, 0) is 11.8 Å². The molecule has 19 heavy (non-hydrogen) atoms. The molecule has 0 radical (unpaired) electrons. The van der Waals surface area contributed by atoms with Crippen LogP contribution < -0.4 is 5.32 Å². The minimum atomic E-state index is -0.276. The molecule has 0 saturated carbocycles. The van der Waals surface area contributed by atoms with Crippen molar-refractivity contribution in [1.82, 2.24) is 5.32 Å². The number of hydrogen-bond acceptors (Lipinski definition) is 5. The summed E-state index contributed by atoms with van der Waals surface area (Å²) in [6.07, 6.45) is -0.501. The van der Waals surface area contributed by atoms with Crippen molar-refractivity contribution in [3.05, 3.63) is 0 Å². The molecule has 6 nitrogen and oxygen atoms in total. The average molecular weight is 275 g/mol. The molecule has 2 N–H and O–H groups in total. The van der Waals surface area contributed by atoms with E-state index in [1.807, 2.05) is 6.92 Å². The van der Waals surface area contributed by atoms with E-state index in [0.29, 0.717) is 6.61 Å². The molecule has 1 heterocycles. The zero-order chi connectivity index (χ0) is 14.4. The van der Waals surface area contributed by atoms with Crippen LogP contribution in [0.3, 0.4) is 0 Å². The van der Waals surface area contributed by atoms with Crippen LogP contribution >= 0.6 is 0 Å². The molecule has 5 atom stereocenters. The largest absolute Gasteiger partial charge is 0.394 e. The highest BCUT2D eigenvalue weighted by molar-refractivity contribution is 5.73. The first-order valence-corrected chi connectivity index (χ1v) is 6.61. The fraction of sp³-hybridized carbons (Fsp3) is 0.923.